The number of likely N-dealkylation sites (tertiary alicyclic amines) is 1. The van der Waals surface area contributed by atoms with E-state index in [0.29, 0.717) is 6.54 Å². The van der Waals surface area contributed by atoms with Crippen molar-refractivity contribution in [3.05, 3.63) is 23.8 Å². The molecule has 5 nitrogen and oxygen atoms in total. The minimum absolute atomic E-state index is 0.00816. The molecule has 3 rings (SSSR count). The van der Waals surface area contributed by atoms with E-state index in [1.54, 1.807) is 4.90 Å². The number of amides is 2. The molecule has 5 heteroatoms. The molecule has 2 amide bonds. The lowest BCUT2D eigenvalue weighted by Crippen LogP contribution is -2.49. The zero-order chi connectivity index (χ0) is 15.7. The summed E-state index contributed by atoms with van der Waals surface area (Å²) in [6.07, 6.45) is 2.87. The fourth-order valence-electron chi connectivity index (χ4n) is 3.58. The van der Waals surface area contributed by atoms with Crippen LogP contribution in [-0.2, 0) is 6.42 Å². The van der Waals surface area contributed by atoms with E-state index < -0.39 is 5.54 Å². The third-order valence-corrected chi connectivity index (χ3v) is 5.04. The van der Waals surface area contributed by atoms with Gasteiger partial charge in [0.1, 0.15) is 0 Å². The van der Waals surface area contributed by atoms with Crippen LogP contribution in [0.4, 0.5) is 16.2 Å². The maximum absolute atomic E-state index is 12.5. The predicted molar refractivity (Wildman–Crippen MR) is 88.5 cm³/mol. The van der Waals surface area contributed by atoms with Crippen LogP contribution in [0.5, 0.6) is 0 Å². The summed E-state index contributed by atoms with van der Waals surface area (Å²) in [7, 11) is 0. The number of likely N-dealkylation sites (N-methyl/N-ethyl adjacent to an activating group) is 1. The number of urea groups is 1. The quantitative estimate of drug-likeness (QED) is 0.902. The predicted octanol–water partition coefficient (Wildman–Crippen LogP) is 2.45. The second-order valence-electron chi connectivity index (χ2n) is 6.51. The van der Waals surface area contributed by atoms with Gasteiger partial charge < -0.3 is 20.2 Å². The van der Waals surface area contributed by atoms with E-state index in [-0.39, 0.29) is 12.6 Å². The fourth-order valence-corrected chi connectivity index (χ4v) is 3.58. The van der Waals surface area contributed by atoms with Crippen molar-refractivity contribution < 1.29 is 9.90 Å². The van der Waals surface area contributed by atoms with Crippen LogP contribution in [0.25, 0.3) is 0 Å². The maximum atomic E-state index is 12.5. The number of aliphatic hydroxyl groups is 1. The molecule has 0 saturated carbocycles. The van der Waals surface area contributed by atoms with Crippen LogP contribution < -0.4 is 10.2 Å². The molecule has 2 aliphatic heterocycles. The number of aliphatic hydroxyl groups excluding tert-OH is 1. The van der Waals surface area contributed by atoms with Gasteiger partial charge in [0.05, 0.1) is 12.1 Å². The number of hydrogen-bond acceptors (Lipinski definition) is 3. The first kappa shape index (κ1) is 15.2. The van der Waals surface area contributed by atoms with Gasteiger partial charge >= 0.3 is 6.03 Å². The molecule has 1 aromatic carbocycles. The van der Waals surface area contributed by atoms with E-state index in [1.165, 1.54) is 11.3 Å². The maximum Gasteiger partial charge on any atom is 0.322 e. The standard InChI is InChI=1S/C17H25N3O2/c1-3-19-10-7-13-5-6-14(11-15(13)19)18-16(22)20-9-4-8-17(20,2)12-21/h5-6,11,21H,3-4,7-10,12H2,1-2H3,(H,18,22)/t17-/m0/s1. The summed E-state index contributed by atoms with van der Waals surface area (Å²) in [5.74, 6) is 0. The van der Waals surface area contributed by atoms with Gasteiger partial charge in [-0.3, -0.25) is 0 Å². The monoisotopic (exact) mass is 303 g/mol. The van der Waals surface area contributed by atoms with Gasteiger partial charge in [0.2, 0.25) is 0 Å². The van der Waals surface area contributed by atoms with E-state index >= 15 is 0 Å². The van der Waals surface area contributed by atoms with Crippen molar-refractivity contribution in [1.29, 1.82) is 0 Å². The molecule has 2 heterocycles. The van der Waals surface area contributed by atoms with Gasteiger partial charge in [0.15, 0.2) is 0 Å². The number of rotatable bonds is 3. The Balaban J connectivity index is 1.75. The van der Waals surface area contributed by atoms with Crippen molar-refractivity contribution in [3.8, 4) is 0 Å². The number of benzene rings is 1. The molecule has 1 aromatic rings. The number of anilines is 2. The van der Waals surface area contributed by atoms with E-state index in [1.807, 2.05) is 13.0 Å². The van der Waals surface area contributed by atoms with Crippen molar-refractivity contribution in [1.82, 2.24) is 4.90 Å². The number of hydrogen-bond donors (Lipinski definition) is 2. The average Bonchev–Trinajstić information content (AvgIpc) is 3.10. The van der Waals surface area contributed by atoms with Crippen molar-refractivity contribution in [2.24, 2.45) is 0 Å². The summed E-state index contributed by atoms with van der Waals surface area (Å²) in [6.45, 7) is 6.85. The minimum atomic E-state index is -0.434. The first-order valence-electron chi connectivity index (χ1n) is 8.15. The number of nitrogens with zero attached hydrogens (tertiary/aromatic N) is 2. The molecular weight excluding hydrogens is 278 g/mol. The second-order valence-corrected chi connectivity index (χ2v) is 6.51. The topological polar surface area (TPSA) is 55.8 Å². The second kappa shape index (κ2) is 5.80. The number of carbonyl (C=O) groups is 1. The summed E-state index contributed by atoms with van der Waals surface area (Å²) in [4.78, 5) is 16.6. The molecule has 2 N–H and O–H groups in total. The summed E-state index contributed by atoms with van der Waals surface area (Å²) in [5.41, 5.74) is 2.97. The van der Waals surface area contributed by atoms with Crippen molar-refractivity contribution in [2.45, 2.75) is 38.6 Å². The van der Waals surface area contributed by atoms with Crippen LogP contribution in [0.3, 0.4) is 0 Å². The molecule has 1 atom stereocenters. The van der Waals surface area contributed by atoms with E-state index in [4.69, 9.17) is 0 Å². The average molecular weight is 303 g/mol. The molecule has 0 spiro atoms. The van der Waals surface area contributed by atoms with Crippen LogP contribution in [0.2, 0.25) is 0 Å². The zero-order valence-corrected chi connectivity index (χ0v) is 13.4. The van der Waals surface area contributed by atoms with Gasteiger partial charge in [-0.15, -0.1) is 0 Å². The van der Waals surface area contributed by atoms with Crippen molar-refractivity contribution >= 4 is 17.4 Å². The summed E-state index contributed by atoms with van der Waals surface area (Å²) < 4.78 is 0. The highest BCUT2D eigenvalue weighted by Crippen LogP contribution is 2.32. The van der Waals surface area contributed by atoms with E-state index in [2.05, 4.69) is 29.3 Å². The fraction of sp³-hybridized carbons (Fsp3) is 0.588. The highest BCUT2D eigenvalue weighted by atomic mass is 16.3. The number of carbonyl (C=O) groups excluding carboxylic acids is 1. The van der Waals surface area contributed by atoms with E-state index in [9.17, 15) is 9.90 Å². The zero-order valence-electron chi connectivity index (χ0n) is 13.4. The van der Waals surface area contributed by atoms with Gasteiger partial charge in [-0.05, 0) is 50.8 Å². The largest absolute Gasteiger partial charge is 0.394 e. The lowest BCUT2D eigenvalue weighted by Gasteiger charge is -2.33. The molecule has 2 aliphatic rings. The van der Waals surface area contributed by atoms with Crippen LogP contribution >= 0.6 is 0 Å². The third-order valence-electron chi connectivity index (χ3n) is 5.04. The van der Waals surface area contributed by atoms with Gasteiger partial charge in [0.25, 0.3) is 0 Å². The van der Waals surface area contributed by atoms with Gasteiger partial charge in [-0.25, -0.2) is 4.79 Å². The molecule has 0 aromatic heterocycles. The van der Waals surface area contributed by atoms with Crippen molar-refractivity contribution in [3.63, 3.8) is 0 Å². The SMILES string of the molecule is CCN1CCc2ccc(NC(=O)N3CCC[C@@]3(C)CO)cc21. The van der Waals surface area contributed by atoms with Crippen LogP contribution in [0.15, 0.2) is 18.2 Å². The Morgan fingerprint density at radius 1 is 1.41 bits per heavy atom. The molecular formula is C17H25N3O2. The first-order chi connectivity index (χ1) is 10.6. The summed E-state index contributed by atoms with van der Waals surface area (Å²) in [5, 5.41) is 12.6. The molecule has 22 heavy (non-hydrogen) atoms. The summed E-state index contributed by atoms with van der Waals surface area (Å²) in [6, 6.07) is 6.03. The molecule has 0 radical (unpaired) electrons. The third kappa shape index (κ3) is 2.54. The molecule has 0 aliphatic carbocycles. The smallest absolute Gasteiger partial charge is 0.322 e. The van der Waals surface area contributed by atoms with E-state index in [0.717, 1.165) is 38.0 Å². The highest BCUT2D eigenvalue weighted by Gasteiger charge is 2.39. The Bertz CT molecular complexity index is 575. The molecule has 1 fully saturated rings. The van der Waals surface area contributed by atoms with Crippen LogP contribution in [0, 0.1) is 0 Å². The Kier molecular flexibility index (Phi) is 4.00. The normalized spacial score (nSPS) is 23.8. The lowest BCUT2D eigenvalue weighted by atomic mass is 10.0. The van der Waals surface area contributed by atoms with Gasteiger partial charge in [-0.1, -0.05) is 6.07 Å². The summed E-state index contributed by atoms with van der Waals surface area (Å²) >= 11 is 0. The Labute approximate surface area is 131 Å². The lowest BCUT2D eigenvalue weighted by molar-refractivity contribution is 0.104. The minimum Gasteiger partial charge on any atom is -0.394 e. The Morgan fingerprint density at radius 2 is 2.23 bits per heavy atom. The van der Waals surface area contributed by atoms with Gasteiger partial charge in [0, 0.05) is 31.0 Å². The van der Waals surface area contributed by atoms with Crippen LogP contribution in [-0.4, -0.2) is 47.8 Å². The molecule has 0 unspecified atom stereocenters. The Hall–Kier alpha value is -1.75. The van der Waals surface area contributed by atoms with Crippen LogP contribution in [0.1, 0.15) is 32.3 Å². The number of fused-ring (bicyclic) bond motifs is 1. The first-order valence-corrected chi connectivity index (χ1v) is 8.15. The van der Waals surface area contributed by atoms with Crippen molar-refractivity contribution in [2.75, 3.05) is 36.5 Å². The molecule has 120 valence electrons. The highest BCUT2D eigenvalue weighted by molar-refractivity contribution is 5.91. The van der Waals surface area contributed by atoms with Gasteiger partial charge in [-0.2, -0.15) is 0 Å². The molecule has 0 bridgehead atoms. The molecule has 1 saturated heterocycles. The number of nitrogens with one attached hydrogen (secondary N) is 1. The Morgan fingerprint density at radius 3 is 2.95 bits per heavy atom.